The van der Waals surface area contributed by atoms with Crippen LogP contribution < -0.4 is 0 Å². The Hall–Kier alpha value is -0.540. The van der Waals surface area contributed by atoms with Gasteiger partial charge in [-0.2, -0.15) is 0 Å². The molecular weight excluding hydrogens is 186 g/mol. The second-order valence-electron chi connectivity index (χ2n) is 2.35. The van der Waals surface area contributed by atoms with Gasteiger partial charge in [0.15, 0.2) is 0 Å². The highest BCUT2D eigenvalue weighted by Gasteiger charge is 2.05. The summed E-state index contributed by atoms with van der Waals surface area (Å²) in [4.78, 5) is 5.53. The molecule has 0 unspecified atom stereocenters. The van der Waals surface area contributed by atoms with Gasteiger partial charge in [0.2, 0.25) is 0 Å². The van der Waals surface area contributed by atoms with E-state index in [-0.39, 0.29) is 0 Å². The molecule has 0 aliphatic rings. The average molecular weight is 197 g/mol. The Balaban J connectivity index is 2.90. The molecule has 0 saturated carbocycles. The van der Waals surface area contributed by atoms with Crippen LogP contribution in [0.15, 0.2) is 29.6 Å². The molecule has 0 radical (unpaired) electrons. The standard InChI is InChI=1S/C9H11NS2/c1-3-5-7-8(6-4-2)12-9(11)10-7/h3-4H,1-2,5-6H2,(H,10,11). The van der Waals surface area contributed by atoms with Gasteiger partial charge in [0.1, 0.15) is 4.34 Å². The normalized spacial score (nSPS) is 9.75. The van der Waals surface area contributed by atoms with Crippen LogP contribution in [0.5, 0.6) is 0 Å². The fourth-order valence-electron chi connectivity index (χ4n) is 0.956. The third-order valence-electron chi connectivity index (χ3n) is 1.43. The fourth-order valence-corrected chi connectivity index (χ4v) is 2.23. The zero-order chi connectivity index (χ0) is 8.97. The molecule has 0 atom stereocenters. The van der Waals surface area contributed by atoms with Gasteiger partial charge in [-0.25, -0.2) is 4.98 Å². The van der Waals surface area contributed by atoms with Gasteiger partial charge >= 0.3 is 0 Å². The van der Waals surface area contributed by atoms with Crippen LogP contribution in [0, 0.1) is 0 Å². The number of nitrogens with zero attached hydrogens (tertiary/aromatic N) is 1. The number of hydrogen-bond donors (Lipinski definition) is 1. The lowest BCUT2D eigenvalue weighted by Crippen LogP contribution is -1.86. The van der Waals surface area contributed by atoms with Crippen molar-refractivity contribution in [3.63, 3.8) is 0 Å². The fraction of sp³-hybridized carbons (Fsp3) is 0.222. The first-order valence-corrected chi connectivity index (χ1v) is 4.93. The van der Waals surface area contributed by atoms with E-state index in [0.717, 1.165) is 22.9 Å². The van der Waals surface area contributed by atoms with Crippen LogP contribution in [0.1, 0.15) is 10.6 Å². The zero-order valence-electron chi connectivity index (χ0n) is 6.79. The molecule has 0 aliphatic carbocycles. The van der Waals surface area contributed by atoms with Gasteiger partial charge in [-0.3, -0.25) is 0 Å². The zero-order valence-corrected chi connectivity index (χ0v) is 8.50. The van der Waals surface area contributed by atoms with Crippen molar-refractivity contribution in [2.75, 3.05) is 0 Å². The molecule has 0 bridgehead atoms. The average Bonchev–Trinajstić information content (AvgIpc) is 2.33. The Kier molecular flexibility index (Phi) is 3.56. The lowest BCUT2D eigenvalue weighted by atomic mass is 10.2. The molecule has 0 spiro atoms. The van der Waals surface area contributed by atoms with E-state index in [9.17, 15) is 0 Å². The molecular formula is C9H11NS2. The van der Waals surface area contributed by atoms with Crippen molar-refractivity contribution in [2.24, 2.45) is 0 Å². The van der Waals surface area contributed by atoms with Gasteiger partial charge in [0, 0.05) is 17.7 Å². The number of hydrogen-bond acceptors (Lipinski definition) is 3. The third kappa shape index (κ3) is 2.22. The molecule has 0 aromatic carbocycles. The summed E-state index contributed by atoms with van der Waals surface area (Å²) < 4.78 is 0.823. The van der Waals surface area contributed by atoms with Crippen LogP contribution in [0.4, 0.5) is 0 Å². The minimum atomic E-state index is 0.820. The smallest absolute Gasteiger partial charge is 0.147 e. The largest absolute Gasteiger partial charge is 0.234 e. The predicted molar refractivity (Wildman–Crippen MR) is 57.2 cm³/mol. The Morgan fingerprint density at radius 1 is 1.33 bits per heavy atom. The summed E-state index contributed by atoms with van der Waals surface area (Å²) >= 11 is 5.81. The van der Waals surface area contributed by atoms with Crippen molar-refractivity contribution in [3.8, 4) is 0 Å². The highest BCUT2D eigenvalue weighted by Crippen LogP contribution is 2.22. The van der Waals surface area contributed by atoms with Gasteiger partial charge in [0.05, 0.1) is 5.69 Å². The van der Waals surface area contributed by atoms with E-state index < -0.39 is 0 Å². The van der Waals surface area contributed by atoms with Gasteiger partial charge < -0.3 is 0 Å². The van der Waals surface area contributed by atoms with Crippen molar-refractivity contribution in [3.05, 3.63) is 35.9 Å². The van der Waals surface area contributed by atoms with Crippen LogP contribution >= 0.6 is 24.0 Å². The van der Waals surface area contributed by atoms with Crippen LogP contribution in [-0.4, -0.2) is 4.98 Å². The van der Waals surface area contributed by atoms with Crippen molar-refractivity contribution in [1.82, 2.24) is 4.98 Å². The SMILES string of the molecule is C=CCc1nc(S)sc1CC=C. The Morgan fingerprint density at radius 3 is 2.58 bits per heavy atom. The lowest BCUT2D eigenvalue weighted by molar-refractivity contribution is 1.06. The van der Waals surface area contributed by atoms with Crippen LogP contribution in [0.2, 0.25) is 0 Å². The summed E-state index contributed by atoms with van der Waals surface area (Å²) in [7, 11) is 0. The molecule has 0 N–H and O–H groups in total. The summed E-state index contributed by atoms with van der Waals surface area (Å²) in [5, 5.41) is 0. The maximum atomic E-state index is 4.28. The van der Waals surface area contributed by atoms with E-state index in [1.54, 1.807) is 11.3 Å². The topological polar surface area (TPSA) is 12.9 Å². The Morgan fingerprint density at radius 2 is 2.00 bits per heavy atom. The van der Waals surface area contributed by atoms with E-state index in [4.69, 9.17) is 0 Å². The van der Waals surface area contributed by atoms with Gasteiger partial charge in [0.25, 0.3) is 0 Å². The Bertz CT molecular complexity index is 261. The summed E-state index contributed by atoms with van der Waals surface area (Å²) in [5.74, 6) is 0. The van der Waals surface area contributed by atoms with E-state index in [2.05, 4.69) is 30.8 Å². The summed E-state index contributed by atoms with van der Waals surface area (Å²) in [6.45, 7) is 7.37. The first kappa shape index (κ1) is 9.55. The van der Waals surface area contributed by atoms with Gasteiger partial charge in [-0.05, 0) is 0 Å². The molecule has 0 aliphatic heterocycles. The first-order valence-electron chi connectivity index (χ1n) is 3.67. The molecule has 1 nitrogen and oxygen atoms in total. The monoisotopic (exact) mass is 197 g/mol. The molecule has 64 valence electrons. The van der Waals surface area contributed by atoms with Crippen molar-refractivity contribution >= 4 is 24.0 Å². The van der Waals surface area contributed by atoms with Crippen molar-refractivity contribution in [2.45, 2.75) is 17.2 Å². The van der Waals surface area contributed by atoms with E-state index in [0.29, 0.717) is 0 Å². The quantitative estimate of drug-likeness (QED) is 0.578. The number of thiol groups is 1. The Labute approximate surface area is 82.3 Å². The van der Waals surface area contributed by atoms with Crippen LogP contribution in [0.3, 0.4) is 0 Å². The predicted octanol–water partition coefficient (Wildman–Crippen LogP) is 2.89. The van der Waals surface area contributed by atoms with Gasteiger partial charge in [-0.15, -0.1) is 37.1 Å². The van der Waals surface area contributed by atoms with Gasteiger partial charge in [-0.1, -0.05) is 12.2 Å². The molecule has 12 heavy (non-hydrogen) atoms. The molecule has 1 rings (SSSR count). The first-order chi connectivity index (χ1) is 5.77. The van der Waals surface area contributed by atoms with E-state index >= 15 is 0 Å². The number of aromatic nitrogens is 1. The maximum absolute atomic E-state index is 4.28. The molecule has 0 fully saturated rings. The molecule has 0 saturated heterocycles. The maximum Gasteiger partial charge on any atom is 0.147 e. The molecule has 1 aromatic heterocycles. The second-order valence-corrected chi connectivity index (χ2v) is 4.16. The molecule has 1 heterocycles. The minimum absolute atomic E-state index is 0.820. The van der Waals surface area contributed by atoms with Crippen LogP contribution in [0.25, 0.3) is 0 Å². The second kappa shape index (κ2) is 4.48. The molecule has 3 heteroatoms. The van der Waals surface area contributed by atoms with Crippen molar-refractivity contribution in [1.29, 1.82) is 0 Å². The molecule has 0 amide bonds. The number of rotatable bonds is 4. The summed E-state index contributed by atoms with van der Waals surface area (Å²) in [6, 6.07) is 0. The number of thiazole rings is 1. The van der Waals surface area contributed by atoms with Crippen LogP contribution in [-0.2, 0) is 12.8 Å². The highest BCUT2D eigenvalue weighted by molar-refractivity contribution is 7.82. The number of allylic oxidation sites excluding steroid dienone is 2. The van der Waals surface area contributed by atoms with Crippen molar-refractivity contribution < 1.29 is 0 Å². The molecule has 1 aromatic rings. The van der Waals surface area contributed by atoms with E-state index in [1.807, 2.05) is 12.2 Å². The summed E-state index contributed by atoms with van der Waals surface area (Å²) in [6.07, 6.45) is 5.43. The third-order valence-corrected chi connectivity index (χ3v) is 2.73. The highest BCUT2D eigenvalue weighted by atomic mass is 32.2. The summed E-state index contributed by atoms with van der Waals surface area (Å²) in [5.41, 5.74) is 1.08. The van der Waals surface area contributed by atoms with E-state index in [1.165, 1.54) is 4.88 Å². The lowest BCUT2D eigenvalue weighted by Gasteiger charge is -1.92. The minimum Gasteiger partial charge on any atom is -0.234 e.